The van der Waals surface area contributed by atoms with Gasteiger partial charge in [0.25, 0.3) is 5.69 Å². The van der Waals surface area contributed by atoms with Gasteiger partial charge in [0.2, 0.25) is 0 Å². The lowest BCUT2D eigenvalue weighted by molar-refractivity contribution is -0.384. The Kier molecular flexibility index (Phi) is 6.14. The molecule has 0 aliphatic carbocycles. The van der Waals surface area contributed by atoms with E-state index in [1.165, 1.54) is 19.3 Å². The lowest BCUT2D eigenvalue weighted by Gasteiger charge is -2.25. The molecule has 2 rings (SSSR count). The first-order chi connectivity index (χ1) is 10.2. The number of hydrogen-bond acceptors (Lipinski definition) is 4. The van der Waals surface area contributed by atoms with Gasteiger partial charge in [-0.2, -0.15) is 0 Å². The minimum Gasteiger partial charge on any atom is -0.378 e. The maximum Gasteiger partial charge on any atom is 0.269 e. The summed E-state index contributed by atoms with van der Waals surface area (Å²) in [5, 5.41) is 14.0. The van der Waals surface area contributed by atoms with E-state index < -0.39 is 0 Å². The van der Waals surface area contributed by atoms with E-state index in [1.807, 2.05) is 19.2 Å². The highest BCUT2D eigenvalue weighted by atomic mass is 16.6. The normalized spacial score (nSPS) is 20.1. The second-order valence-electron chi connectivity index (χ2n) is 5.68. The van der Waals surface area contributed by atoms with Crippen LogP contribution < -0.4 is 5.32 Å². The zero-order valence-electron chi connectivity index (χ0n) is 12.6. The molecule has 0 radical (unpaired) electrons. The lowest BCUT2D eigenvalue weighted by Crippen LogP contribution is -2.30. The van der Waals surface area contributed by atoms with E-state index in [2.05, 4.69) is 5.32 Å². The zero-order valence-corrected chi connectivity index (χ0v) is 12.6. The second-order valence-corrected chi connectivity index (χ2v) is 5.68. The Balaban J connectivity index is 1.81. The van der Waals surface area contributed by atoms with Crippen molar-refractivity contribution >= 4 is 5.69 Å². The minimum atomic E-state index is -0.361. The van der Waals surface area contributed by atoms with Crippen LogP contribution in [-0.4, -0.2) is 30.7 Å². The standard InChI is InChI=1S/C16H24N2O3/c1-17-14(7-10-16-4-2-3-11-21-16)12-13-5-8-15(9-6-13)18(19)20/h5-6,8-9,14,16-17H,2-4,7,10-12H2,1H3. The lowest BCUT2D eigenvalue weighted by atomic mass is 9.97. The Labute approximate surface area is 125 Å². The van der Waals surface area contributed by atoms with E-state index in [9.17, 15) is 10.1 Å². The fourth-order valence-electron chi connectivity index (χ4n) is 2.81. The third kappa shape index (κ3) is 5.10. The molecule has 0 spiro atoms. The summed E-state index contributed by atoms with van der Waals surface area (Å²) in [5.41, 5.74) is 1.28. The first-order valence-electron chi connectivity index (χ1n) is 7.71. The summed E-state index contributed by atoms with van der Waals surface area (Å²) < 4.78 is 5.76. The third-order valence-corrected chi connectivity index (χ3v) is 4.15. The van der Waals surface area contributed by atoms with Gasteiger partial charge in [-0.1, -0.05) is 12.1 Å². The maximum absolute atomic E-state index is 10.6. The Morgan fingerprint density at radius 2 is 2.14 bits per heavy atom. The van der Waals surface area contributed by atoms with Gasteiger partial charge in [-0.3, -0.25) is 10.1 Å². The van der Waals surface area contributed by atoms with Crippen LogP contribution >= 0.6 is 0 Å². The van der Waals surface area contributed by atoms with Crippen LogP contribution in [-0.2, 0) is 11.2 Å². The summed E-state index contributed by atoms with van der Waals surface area (Å²) in [4.78, 5) is 10.3. The van der Waals surface area contributed by atoms with Gasteiger partial charge in [0.1, 0.15) is 0 Å². The molecule has 1 heterocycles. The molecule has 2 atom stereocenters. The number of nitrogens with zero attached hydrogens (tertiary/aromatic N) is 1. The summed E-state index contributed by atoms with van der Waals surface area (Å²) >= 11 is 0. The first kappa shape index (κ1) is 15.9. The summed E-state index contributed by atoms with van der Waals surface area (Å²) in [6.07, 6.45) is 7.09. The highest BCUT2D eigenvalue weighted by molar-refractivity contribution is 5.33. The average Bonchev–Trinajstić information content (AvgIpc) is 2.53. The summed E-state index contributed by atoms with van der Waals surface area (Å²) in [5.74, 6) is 0. The van der Waals surface area contributed by atoms with Crippen LogP contribution in [0.3, 0.4) is 0 Å². The molecular formula is C16H24N2O3. The second kappa shape index (κ2) is 8.10. The van der Waals surface area contributed by atoms with Crippen molar-refractivity contribution in [3.05, 3.63) is 39.9 Å². The largest absolute Gasteiger partial charge is 0.378 e. The molecule has 1 N–H and O–H groups in total. The number of ether oxygens (including phenoxy) is 1. The number of nitrogens with one attached hydrogen (secondary N) is 1. The average molecular weight is 292 g/mol. The van der Waals surface area contributed by atoms with Crippen LogP contribution in [0.5, 0.6) is 0 Å². The maximum atomic E-state index is 10.6. The number of hydrogen-bond donors (Lipinski definition) is 1. The molecule has 0 saturated carbocycles. The van der Waals surface area contributed by atoms with Gasteiger partial charge in [0.05, 0.1) is 11.0 Å². The smallest absolute Gasteiger partial charge is 0.269 e. The molecule has 5 heteroatoms. The van der Waals surface area contributed by atoms with Gasteiger partial charge in [0.15, 0.2) is 0 Å². The van der Waals surface area contributed by atoms with Crippen molar-refractivity contribution in [2.45, 2.75) is 50.7 Å². The molecule has 1 aromatic carbocycles. The number of benzene rings is 1. The summed E-state index contributed by atoms with van der Waals surface area (Å²) in [7, 11) is 1.97. The number of likely N-dealkylation sites (N-methyl/N-ethyl adjacent to an activating group) is 1. The fourth-order valence-corrected chi connectivity index (χ4v) is 2.81. The Bertz CT molecular complexity index is 441. The van der Waals surface area contributed by atoms with Gasteiger partial charge in [-0.15, -0.1) is 0 Å². The molecule has 116 valence electrons. The first-order valence-corrected chi connectivity index (χ1v) is 7.71. The Hall–Kier alpha value is -1.46. The van der Waals surface area contributed by atoms with Crippen LogP contribution in [0.2, 0.25) is 0 Å². The number of nitro benzene ring substituents is 1. The van der Waals surface area contributed by atoms with Crippen LogP contribution in [0.25, 0.3) is 0 Å². The van der Waals surface area contributed by atoms with Crippen LogP contribution in [0.1, 0.15) is 37.7 Å². The predicted molar refractivity (Wildman–Crippen MR) is 82.5 cm³/mol. The molecule has 5 nitrogen and oxygen atoms in total. The number of non-ortho nitro benzene ring substituents is 1. The number of nitro groups is 1. The monoisotopic (exact) mass is 292 g/mol. The molecule has 1 aliphatic heterocycles. The molecule has 2 unspecified atom stereocenters. The molecule has 0 bridgehead atoms. The number of rotatable bonds is 7. The van der Waals surface area contributed by atoms with E-state index >= 15 is 0 Å². The predicted octanol–water partition coefficient (Wildman–Crippen LogP) is 3.07. The zero-order chi connectivity index (χ0) is 15.1. The van der Waals surface area contributed by atoms with Crippen molar-refractivity contribution in [3.63, 3.8) is 0 Å². The van der Waals surface area contributed by atoms with Crippen molar-refractivity contribution in [2.24, 2.45) is 0 Å². The molecule has 1 aliphatic rings. The Morgan fingerprint density at radius 3 is 2.71 bits per heavy atom. The van der Waals surface area contributed by atoms with E-state index in [0.717, 1.165) is 31.4 Å². The van der Waals surface area contributed by atoms with Crippen molar-refractivity contribution in [3.8, 4) is 0 Å². The van der Waals surface area contributed by atoms with Crippen molar-refractivity contribution in [1.82, 2.24) is 5.32 Å². The van der Waals surface area contributed by atoms with Crippen LogP contribution in [0.15, 0.2) is 24.3 Å². The molecule has 1 fully saturated rings. The molecular weight excluding hydrogens is 268 g/mol. The molecule has 21 heavy (non-hydrogen) atoms. The molecule has 1 saturated heterocycles. The molecule has 0 aromatic heterocycles. The highest BCUT2D eigenvalue weighted by Gasteiger charge is 2.16. The van der Waals surface area contributed by atoms with Crippen molar-refractivity contribution in [1.29, 1.82) is 0 Å². The van der Waals surface area contributed by atoms with Crippen LogP contribution in [0, 0.1) is 10.1 Å². The SMILES string of the molecule is CNC(CCC1CCCCO1)Cc1ccc([N+](=O)[O-])cc1. The fraction of sp³-hybridized carbons (Fsp3) is 0.625. The van der Waals surface area contributed by atoms with Crippen molar-refractivity contribution < 1.29 is 9.66 Å². The highest BCUT2D eigenvalue weighted by Crippen LogP contribution is 2.19. The molecule has 1 aromatic rings. The van der Waals surface area contributed by atoms with Gasteiger partial charge < -0.3 is 10.1 Å². The van der Waals surface area contributed by atoms with E-state index in [1.54, 1.807) is 12.1 Å². The van der Waals surface area contributed by atoms with E-state index in [0.29, 0.717) is 12.1 Å². The third-order valence-electron chi connectivity index (χ3n) is 4.15. The van der Waals surface area contributed by atoms with Gasteiger partial charge in [0, 0.05) is 24.8 Å². The molecule has 0 amide bonds. The van der Waals surface area contributed by atoms with E-state index in [4.69, 9.17) is 4.74 Å². The van der Waals surface area contributed by atoms with Crippen LogP contribution in [0.4, 0.5) is 5.69 Å². The van der Waals surface area contributed by atoms with Gasteiger partial charge >= 0.3 is 0 Å². The van der Waals surface area contributed by atoms with Gasteiger partial charge in [-0.25, -0.2) is 0 Å². The van der Waals surface area contributed by atoms with E-state index in [-0.39, 0.29) is 10.6 Å². The quantitative estimate of drug-likeness (QED) is 0.619. The van der Waals surface area contributed by atoms with Gasteiger partial charge in [-0.05, 0) is 51.1 Å². The Morgan fingerprint density at radius 1 is 1.38 bits per heavy atom. The summed E-state index contributed by atoms with van der Waals surface area (Å²) in [6.45, 7) is 0.900. The van der Waals surface area contributed by atoms with Crippen molar-refractivity contribution in [2.75, 3.05) is 13.7 Å². The topological polar surface area (TPSA) is 64.4 Å². The summed E-state index contributed by atoms with van der Waals surface area (Å²) in [6, 6.07) is 7.23. The minimum absolute atomic E-state index is 0.148.